The molecule has 34 heavy (non-hydrogen) atoms. The van der Waals surface area contributed by atoms with Crippen LogP contribution in [0.5, 0.6) is 0 Å². The van der Waals surface area contributed by atoms with Gasteiger partial charge in [-0.1, -0.05) is 25.5 Å². The van der Waals surface area contributed by atoms with Gasteiger partial charge in [0.25, 0.3) is 0 Å². The number of carbonyl (C=O) groups is 2. The van der Waals surface area contributed by atoms with Crippen molar-refractivity contribution in [1.29, 1.82) is 0 Å². The average Bonchev–Trinajstić information content (AvgIpc) is 3.26. The van der Waals surface area contributed by atoms with E-state index < -0.39 is 0 Å². The van der Waals surface area contributed by atoms with Gasteiger partial charge in [0.15, 0.2) is 0 Å². The van der Waals surface area contributed by atoms with Crippen LogP contribution in [0.2, 0.25) is 0 Å². The number of halogens is 1. The summed E-state index contributed by atoms with van der Waals surface area (Å²) in [6.45, 7) is 8.76. The number of rotatable bonds is 12. The van der Waals surface area contributed by atoms with E-state index >= 15 is 0 Å². The molecule has 0 spiro atoms. The standard InChI is InChI=1S/C26H36FN3O4/c1-3-4-5-25(31)29(13-12-28-14-16-33-17-15-28)20-26(32)30(19-24-11-6-21(2)34-24)18-22-7-9-23(27)10-8-22/h6-11H,3-5,12-20H2,1-2H3. The maximum absolute atomic E-state index is 13.4. The summed E-state index contributed by atoms with van der Waals surface area (Å²) in [6.07, 6.45) is 2.15. The Morgan fingerprint density at radius 2 is 1.74 bits per heavy atom. The second-order valence-electron chi connectivity index (χ2n) is 8.76. The second-order valence-corrected chi connectivity index (χ2v) is 8.76. The number of amides is 2. The van der Waals surface area contributed by atoms with Crippen molar-refractivity contribution in [1.82, 2.24) is 14.7 Å². The van der Waals surface area contributed by atoms with Crippen LogP contribution in [0.4, 0.5) is 4.39 Å². The van der Waals surface area contributed by atoms with E-state index in [-0.39, 0.29) is 30.7 Å². The molecule has 1 aromatic heterocycles. The molecular formula is C26H36FN3O4. The fourth-order valence-electron chi connectivity index (χ4n) is 3.93. The monoisotopic (exact) mass is 473 g/mol. The molecule has 8 heteroatoms. The van der Waals surface area contributed by atoms with Crippen molar-refractivity contribution in [2.24, 2.45) is 0 Å². The van der Waals surface area contributed by atoms with Crippen LogP contribution in [0.25, 0.3) is 0 Å². The van der Waals surface area contributed by atoms with E-state index in [2.05, 4.69) is 4.90 Å². The Bertz CT molecular complexity index is 909. The largest absolute Gasteiger partial charge is 0.464 e. The number of ether oxygens (including phenoxy) is 1. The summed E-state index contributed by atoms with van der Waals surface area (Å²) in [5, 5.41) is 0. The van der Waals surface area contributed by atoms with Crippen molar-refractivity contribution in [2.75, 3.05) is 45.9 Å². The first kappa shape index (κ1) is 25.9. The van der Waals surface area contributed by atoms with Crippen molar-refractivity contribution in [2.45, 2.75) is 46.2 Å². The third kappa shape index (κ3) is 8.25. The predicted octanol–water partition coefficient (Wildman–Crippen LogP) is 3.61. The number of hydrogen-bond donors (Lipinski definition) is 0. The Hall–Kier alpha value is -2.71. The summed E-state index contributed by atoms with van der Waals surface area (Å²) >= 11 is 0. The molecule has 1 aromatic carbocycles. The number of carbonyl (C=O) groups excluding carboxylic acids is 2. The van der Waals surface area contributed by atoms with Crippen molar-refractivity contribution >= 4 is 11.8 Å². The maximum atomic E-state index is 13.4. The number of morpholine rings is 1. The van der Waals surface area contributed by atoms with Gasteiger partial charge in [-0.2, -0.15) is 0 Å². The number of nitrogens with zero attached hydrogens (tertiary/aromatic N) is 3. The molecule has 2 heterocycles. The highest BCUT2D eigenvalue weighted by molar-refractivity contribution is 5.84. The second kappa shape index (κ2) is 13.2. The molecule has 0 atom stereocenters. The number of furan rings is 1. The van der Waals surface area contributed by atoms with E-state index in [4.69, 9.17) is 9.15 Å². The summed E-state index contributed by atoms with van der Waals surface area (Å²) in [6, 6.07) is 9.83. The normalized spacial score (nSPS) is 14.2. The molecular weight excluding hydrogens is 437 g/mol. The zero-order valence-electron chi connectivity index (χ0n) is 20.3. The lowest BCUT2D eigenvalue weighted by Gasteiger charge is -2.31. The van der Waals surface area contributed by atoms with Gasteiger partial charge in [0.05, 0.1) is 26.3 Å². The van der Waals surface area contributed by atoms with Gasteiger partial charge in [-0.05, 0) is 43.2 Å². The van der Waals surface area contributed by atoms with Crippen molar-refractivity contribution in [3.8, 4) is 0 Å². The van der Waals surface area contributed by atoms with Crippen LogP contribution in [0, 0.1) is 12.7 Å². The third-order valence-electron chi connectivity index (χ3n) is 5.99. The molecule has 0 unspecified atom stereocenters. The predicted molar refractivity (Wildman–Crippen MR) is 127 cm³/mol. The Kier molecular flexibility index (Phi) is 10.1. The van der Waals surface area contributed by atoms with Crippen molar-refractivity contribution in [3.63, 3.8) is 0 Å². The van der Waals surface area contributed by atoms with Crippen LogP contribution in [0.1, 0.15) is 43.3 Å². The number of unbranched alkanes of at least 4 members (excludes halogenated alkanes) is 1. The van der Waals surface area contributed by atoms with Crippen LogP contribution >= 0.6 is 0 Å². The van der Waals surface area contributed by atoms with Gasteiger partial charge < -0.3 is 19.0 Å². The first-order valence-electron chi connectivity index (χ1n) is 12.1. The molecule has 3 rings (SSSR count). The first-order valence-corrected chi connectivity index (χ1v) is 12.1. The van der Waals surface area contributed by atoms with Gasteiger partial charge in [0.1, 0.15) is 17.3 Å². The molecule has 2 amide bonds. The van der Waals surface area contributed by atoms with Crippen molar-refractivity contribution in [3.05, 3.63) is 59.3 Å². The topological polar surface area (TPSA) is 66.2 Å². The number of aryl methyl sites for hydroxylation is 1. The van der Waals surface area contributed by atoms with Crippen LogP contribution in [-0.4, -0.2) is 72.5 Å². The number of benzene rings is 1. The highest BCUT2D eigenvalue weighted by atomic mass is 19.1. The smallest absolute Gasteiger partial charge is 0.242 e. The minimum atomic E-state index is -0.320. The number of hydrogen-bond acceptors (Lipinski definition) is 5. The summed E-state index contributed by atoms with van der Waals surface area (Å²) in [5.74, 6) is 0.958. The maximum Gasteiger partial charge on any atom is 0.242 e. The van der Waals surface area contributed by atoms with Gasteiger partial charge in [0.2, 0.25) is 11.8 Å². The Morgan fingerprint density at radius 3 is 2.38 bits per heavy atom. The molecule has 0 bridgehead atoms. The summed E-state index contributed by atoms with van der Waals surface area (Å²) in [7, 11) is 0. The highest BCUT2D eigenvalue weighted by Crippen LogP contribution is 2.15. The SMILES string of the molecule is CCCCC(=O)N(CCN1CCOCC1)CC(=O)N(Cc1ccc(F)cc1)Cc1ccc(C)o1. The quantitative estimate of drug-likeness (QED) is 0.471. The Labute approximate surface area is 201 Å². The van der Waals surface area contributed by atoms with E-state index in [0.717, 1.165) is 37.3 Å². The fourth-order valence-corrected chi connectivity index (χ4v) is 3.93. The van der Waals surface area contributed by atoms with Gasteiger partial charge in [-0.25, -0.2) is 4.39 Å². The molecule has 0 N–H and O–H groups in total. The van der Waals surface area contributed by atoms with Gasteiger partial charge in [-0.3, -0.25) is 14.5 Å². The van der Waals surface area contributed by atoms with Crippen LogP contribution in [0.3, 0.4) is 0 Å². The van der Waals surface area contributed by atoms with Crippen LogP contribution in [0.15, 0.2) is 40.8 Å². The zero-order valence-corrected chi connectivity index (χ0v) is 20.3. The average molecular weight is 474 g/mol. The molecule has 0 saturated carbocycles. The Balaban J connectivity index is 1.71. The van der Waals surface area contributed by atoms with E-state index in [1.165, 1.54) is 12.1 Å². The summed E-state index contributed by atoms with van der Waals surface area (Å²) in [4.78, 5) is 32.0. The van der Waals surface area contributed by atoms with Crippen LogP contribution < -0.4 is 0 Å². The molecule has 1 saturated heterocycles. The van der Waals surface area contributed by atoms with Gasteiger partial charge >= 0.3 is 0 Å². The molecule has 2 aromatic rings. The van der Waals surface area contributed by atoms with E-state index in [1.54, 1.807) is 21.9 Å². The minimum Gasteiger partial charge on any atom is -0.464 e. The zero-order chi connectivity index (χ0) is 24.3. The summed E-state index contributed by atoms with van der Waals surface area (Å²) in [5.41, 5.74) is 0.815. The summed E-state index contributed by atoms with van der Waals surface area (Å²) < 4.78 is 24.5. The van der Waals surface area contributed by atoms with Crippen LogP contribution in [-0.2, 0) is 27.4 Å². The molecule has 1 fully saturated rings. The molecule has 0 aliphatic carbocycles. The van der Waals surface area contributed by atoms with Gasteiger partial charge in [0, 0.05) is 39.1 Å². The lowest BCUT2D eigenvalue weighted by Crippen LogP contribution is -2.47. The van der Waals surface area contributed by atoms with Crippen molar-refractivity contribution < 1.29 is 23.1 Å². The molecule has 1 aliphatic heterocycles. The lowest BCUT2D eigenvalue weighted by molar-refractivity contribution is -0.141. The molecule has 1 aliphatic rings. The van der Waals surface area contributed by atoms with E-state index in [1.807, 2.05) is 26.0 Å². The lowest BCUT2D eigenvalue weighted by atomic mass is 10.2. The minimum absolute atomic E-state index is 0.000894. The molecule has 186 valence electrons. The van der Waals surface area contributed by atoms with E-state index in [0.29, 0.717) is 45.0 Å². The third-order valence-corrected chi connectivity index (χ3v) is 5.99. The Morgan fingerprint density at radius 1 is 1.00 bits per heavy atom. The molecule has 7 nitrogen and oxygen atoms in total. The fraction of sp³-hybridized carbons (Fsp3) is 0.538. The van der Waals surface area contributed by atoms with E-state index in [9.17, 15) is 14.0 Å². The highest BCUT2D eigenvalue weighted by Gasteiger charge is 2.23. The molecule has 0 radical (unpaired) electrons. The first-order chi connectivity index (χ1) is 16.4. The van der Waals surface area contributed by atoms with Gasteiger partial charge in [-0.15, -0.1) is 0 Å².